The van der Waals surface area contributed by atoms with Crippen LogP contribution in [-0.4, -0.2) is 40.6 Å². The van der Waals surface area contributed by atoms with Crippen LogP contribution in [-0.2, 0) is 0 Å². The van der Waals surface area contributed by atoms with Gasteiger partial charge in [0.2, 0.25) is 0 Å². The summed E-state index contributed by atoms with van der Waals surface area (Å²) in [5.74, 6) is 2.60. The predicted octanol–water partition coefficient (Wildman–Crippen LogP) is 2.47. The lowest BCUT2D eigenvalue weighted by Crippen LogP contribution is -2.59. The Morgan fingerprint density at radius 1 is 1.31 bits per heavy atom. The third kappa shape index (κ3) is 2.14. The van der Waals surface area contributed by atoms with Gasteiger partial charge in [-0.1, -0.05) is 6.92 Å². The van der Waals surface area contributed by atoms with E-state index in [1.54, 1.807) is 0 Å². The van der Waals surface area contributed by atoms with E-state index in [1.807, 2.05) is 0 Å². The van der Waals surface area contributed by atoms with Crippen LogP contribution in [0.5, 0.6) is 0 Å². The lowest BCUT2D eigenvalue weighted by atomic mass is 9.88. The summed E-state index contributed by atoms with van der Waals surface area (Å²) in [7, 11) is 0. The molecule has 0 saturated carbocycles. The third-order valence-corrected chi connectivity index (χ3v) is 5.59. The summed E-state index contributed by atoms with van der Waals surface area (Å²) >= 11 is 2.10. The summed E-state index contributed by atoms with van der Waals surface area (Å²) in [6.07, 6.45) is 6.64. The van der Waals surface area contributed by atoms with Gasteiger partial charge in [0.25, 0.3) is 0 Å². The van der Waals surface area contributed by atoms with Crippen LogP contribution in [0.4, 0.5) is 0 Å². The Kier molecular flexibility index (Phi) is 4.20. The molecule has 0 bridgehead atoms. The largest absolute Gasteiger partial charge is 0.329 e. The van der Waals surface area contributed by atoms with Gasteiger partial charge >= 0.3 is 0 Å². The molecule has 2 N–H and O–H groups in total. The van der Waals surface area contributed by atoms with Crippen LogP contribution in [0.1, 0.15) is 46.0 Å². The van der Waals surface area contributed by atoms with Gasteiger partial charge < -0.3 is 5.73 Å². The molecule has 0 aromatic rings. The molecule has 3 heteroatoms. The van der Waals surface area contributed by atoms with Gasteiger partial charge in [-0.05, 0) is 50.5 Å². The number of likely N-dealkylation sites (tertiary alicyclic amines) is 1. The Bertz CT molecular complexity index is 226. The van der Waals surface area contributed by atoms with Crippen molar-refractivity contribution in [1.82, 2.24) is 4.90 Å². The monoisotopic (exact) mass is 242 g/mol. The number of thioether (sulfide) groups is 1. The van der Waals surface area contributed by atoms with E-state index in [2.05, 4.69) is 30.5 Å². The normalized spacial score (nSPS) is 35.4. The Hall–Kier alpha value is 0.270. The average molecular weight is 242 g/mol. The maximum atomic E-state index is 6.15. The van der Waals surface area contributed by atoms with Crippen LogP contribution in [0.25, 0.3) is 0 Å². The van der Waals surface area contributed by atoms with Crippen LogP contribution in [0.15, 0.2) is 0 Å². The molecule has 0 radical (unpaired) electrons. The molecule has 2 heterocycles. The van der Waals surface area contributed by atoms with E-state index >= 15 is 0 Å². The van der Waals surface area contributed by atoms with Gasteiger partial charge in [-0.15, -0.1) is 0 Å². The van der Waals surface area contributed by atoms with E-state index in [0.29, 0.717) is 5.54 Å². The highest BCUT2D eigenvalue weighted by Gasteiger charge is 2.44. The second-order valence-corrected chi connectivity index (χ2v) is 6.66. The fourth-order valence-corrected chi connectivity index (χ4v) is 4.90. The summed E-state index contributed by atoms with van der Waals surface area (Å²) in [4.78, 5) is 2.80. The molecule has 0 aromatic carbocycles. The summed E-state index contributed by atoms with van der Waals surface area (Å²) in [5.41, 5.74) is 6.48. The number of rotatable bonds is 3. The van der Waals surface area contributed by atoms with Gasteiger partial charge in [-0.25, -0.2) is 0 Å². The van der Waals surface area contributed by atoms with Crippen molar-refractivity contribution in [1.29, 1.82) is 0 Å². The zero-order chi connectivity index (χ0) is 11.6. The van der Waals surface area contributed by atoms with Crippen LogP contribution in [0.2, 0.25) is 0 Å². The first-order valence-electron chi connectivity index (χ1n) is 6.80. The molecule has 2 fully saturated rings. The molecule has 0 amide bonds. The van der Waals surface area contributed by atoms with E-state index in [-0.39, 0.29) is 0 Å². The Morgan fingerprint density at radius 3 is 2.56 bits per heavy atom. The second-order valence-electron chi connectivity index (χ2n) is 5.44. The summed E-state index contributed by atoms with van der Waals surface area (Å²) in [5, 5.41) is 0. The van der Waals surface area contributed by atoms with Crippen LogP contribution < -0.4 is 5.73 Å². The van der Waals surface area contributed by atoms with Crippen molar-refractivity contribution < 1.29 is 0 Å². The topological polar surface area (TPSA) is 29.3 Å². The van der Waals surface area contributed by atoms with E-state index in [0.717, 1.165) is 18.6 Å². The number of nitrogens with zero attached hydrogens (tertiary/aromatic N) is 1. The molecule has 2 unspecified atom stereocenters. The van der Waals surface area contributed by atoms with Gasteiger partial charge in [-0.2, -0.15) is 11.8 Å². The minimum atomic E-state index is 0.335. The molecule has 2 aliphatic rings. The standard InChI is InChI=1S/C13H26N2S/c1-3-12-5-4-11(2)15(12)13(10-14)6-8-16-9-7-13/h11-12H,3-10,14H2,1-2H3. The lowest BCUT2D eigenvalue weighted by Gasteiger charge is -2.49. The molecule has 2 saturated heterocycles. The van der Waals surface area contributed by atoms with Crippen LogP contribution in [0, 0.1) is 0 Å². The number of hydrogen-bond donors (Lipinski definition) is 1. The molecule has 94 valence electrons. The van der Waals surface area contributed by atoms with E-state index in [1.165, 1.54) is 43.6 Å². The maximum Gasteiger partial charge on any atom is 0.0353 e. The highest BCUT2D eigenvalue weighted by atomic mass is 32.2. The fraction of sp³-hybridized carbons (Fsp3) is 1.00. The number of nitrogens with two attached hydrogens (primary N) is 1. The minimum Gasteiger partial charge on any atom is -0.329 e. The zero-order valence-corrected chi connectivity index (χ0v) is 11.6. The van der Waals surface area contributed by atoms with E-state index < -0.39 is 0 Å². The molecule has 16 heavy (non-hydrogen) atoms. The van der Waals surface area contributed by atoms with Crippen LogP contribution >= 0.6 is 11.8 Å². The van der Waals surface area contributed by atoms with Crippen LogP contribution in [0.3, 0.4) is 0 Å². The highest BCUT2D eigenvalue weighted by Crippen LogP contribution is 2.40. The van der Waals surface area contributed by atoms with Crippen molar-refractivity contribution in [2.45, 2.75) is 63.6 Å². The SMILES string of the molecule is CCC1CCC(C)N1C1(CN)CCSCC1. The third-order valence-electron chi connectivity index (χ3n) is 4.61. The van der Waals surface area contributed by atoms with Crippen molar-refractivity contribution in [2.75, 3.05) is 18.1 Å². The lowest BCUT2D eigenvalue weighted by molar-refractivity contribution is 0.0386. The molecular formula is C13H26N2S. The summed E-state index contributed by atoms with van der Waals surface area (Å²) in [6.45, 7) is 5.58. The molecule has 0 aromatic heterocycles. The molecule has 0 aliphatic carbocycles. The number of hydrogen-bond acceptors (Lipinski definition) is 3. The van der Waals surface area contributed by atoms with Crippen molar-refractivity contribution >= 4 is 11.8 Å². The minimum absolute atomic E-state index is 0.335. The molecule has 2 atom stereocenters. The molecule has 2 nitrogen and oxygen atoms in total. The highest BCUT2D eigenvalue weighted by molar-refractivity contribution is 7.99. The van der Waals surface area contributed by atoms with Gasteiger partial charge in [0, 0.05) is 24.2 Å². The van der Waals surface area contributed by atoms with Crippen molar-refractivity contribution in [2.24, 2.45) is 5.73 Å². The van der Waals surface area contributed by atoms with Gasteiger partial charge in [0.1, 0.15) is 0 Å². The summed E-state index contributed by atoms with van der Waals surface area (Å²) < 4.78 is 0. The van der Waals surface area contributed by atoms with Crippen molar-refractivity contribution in [3.05, 3.63) is 0 Å². The maximum absolute atomic E-state index is 6.15. The molecular weight excluding hydrogens is 216 g/mol. The Morgan fingerprint density at radius 2 is 2.00 bits per heavy atom. The van der Waals surface area contributed by atoms with Crippen molar-refractivity contribution in [3.8, 4) is 0 Å². The second kappa shape index (κ2) is 5.28. The fourth-order valence-electron chi connectivity index (χ4n) is 3.65. The Balaban J connectivity index is 2.17. The molecule has 0 spiro atoms. The molecule has 2 rings (SSSR count). The van der Waals surface area contributed by atoms with E-state index in [4.69, 9.17) is 5.73 Å². The quantitative estimate of drug-likeness (QED) is 0.824. The van der Waals surface area contributed by atoms with E-state index in [9.17, 15) is 0 Å². The van der Waals surface area contributed by atoms with Crippen molar-refractivity contribution in [3.63, 3.8) is 0 Å². The predicted molar refractivity (Wildman–Crippen MR) is 73.0 cm³/mol. The Labute approximate surface area is 104 Å². The van der Waals surface area contributed by atoms with Gasteiger partial charge in [0.05, 0.1) is 0 Å². The van der Waals surface area contributed by atoms with Gasteiger partial charge in [0.15, 0.2) is 0 Å². The first kappa shape index (κ1) is 12.7. The molecule has 2 aliphatic heterocycles. The smallest absolute Gasteiger partial charge is 0.0353 e. The zero-order valence-electron chi connectivity index (χ0n) is 10.7. The summed E-state index contributed by atoms with van der Waals surface area (Å²) in [6, 6.07) is 1.54. The first-order valence-corrected chi connectivity index (χ1v) is 7.95. The average Bonchev–Trinajstić information content (AvgIpc) is 2.72. The first-order chi connectivity index (χ1) is 7.73. The van der Waals surface area contributed by atoms with Gasteiger partial charge in [-0.3, -0.25) is 4.90 Å².